The molecule has 3 aromatic rings. The van der Waals surface area contributed by atoms with Crippen molar-refractivity contribution >= 4 is 46.2 Å². The van der Waals surface area contributed by atoms with Gasteiger partial charge < -0.3 is 37.2 Å². The minimum atomic E-state index is -1.00. The number of carbonyl (C=O) groups excluding carboxylic acids is 4. The van der Waals surface area contributed by atoms with Crippen LogP contribution in [0.3, 0.4) is 0 Å². The number of aryl methyl sites for hydroxylation is 1. The number of carbonyl (C=O) groups is 4. The maximum atomic E-state index is 13.2. The SMILES string of the molecule is Cc1cc(=O)oc2cc(NC(=O)[C@H](CCCN=C(N)N)NC(=O)CNC(=O)[C@H](NC(=O)c3ccccc3)C(C)C)ccc12. The third-order valence-electron chi connectivity index (χ3n) is 6.51. The predicted octanol–water partition coefficient (Wildman–Crippen LogP) is 1.15. The number of nitrogens with two attached hydrogens (primary N) is 2. The molecule has 3 rings (SSSR count). The summed E-state index contributed by atoms with van der Waals surface area (Å²) in [6.07, 6.45) is 0.557. The first-order valence-electron chi connectivity index (χ1n) is 13.8. The van der Waals surface area contributed by atoms with Crippen LogP contribution >= 0.6 is 0 Å². The van der Waals surface area contributed by atoms with Crippen molar-refractivity contribution in [3.63, 3.8) is 0 Å². The van der Waals surface area contributed by atoms with E-state index in [0.29, 0.717) is 23.3 Å². The molecule has 13 heteroatoms. The van der Waals surface area contributed by atoms with E-state index in [9.17, 15) is 24.0 Å². The summed E-state index contributed by atoms with van der Waals surface area (Å²) in [6, 6.07) is 12.8. The van der Waals surface area contributed by atoms with Crippen LogP contribution in [0, 0.1) is 12.8 Å². The number of hydrogen-bond donors (Lipinski definition) is 6. The van der Waals surface area contributed by atoms with E-state index in [1.165, 1.54) is 12.1 Å². The molecule has 2 atom stereocenters. The number of guanidine groups is 1. The maximum absolute atomic E-state index is 13.2. The van der Waals surface area contributed by atoms with E-state index < -0.39 is 47.9 Å². The van der Waals surface area contributed by atoms with Gasteiger partial charge in [0.1, 0.15) is 17.7 Å². The molecule has 0 saturated heterocycles. The molecule has 0 aliphatic heterocycles. The maximum Gasteiger partial charge on any atom is 0.336 e. The summed E-state index contributed by atoms with van der Waals surface area (Å²) >= 11 is 0. The lowest BCUT2D eigenvalue weighted by atomic mass is 10.0. The van der Waals surface area contributed by atoms with Gasteiger partial charge in [-0.25, -0.2) is 4.79 Å². The number of rotatable bonds is 13. The Bertz CT molecular complexity index is 1550. The van der Waals surface area contributed by atoms with E-state index >= 15 is 0 Å². The topological polar surface area (TPSA) is 211 Å². The Morgan fingerprint density at radius 1 is 0.953 bits per heavy atom. The Balaban J connectivity index is 1.65. The van der Waals surface area contributed by atoms with Crippen molar-refractivity contribution in [2.75, 3.05) is 18.4 Å². The van der Waals surface area contributed by atoms with Gasteiger partial charge >= 0.3 is 5.63 Å². The minimum Gasteiger partial charge on any atom is -0.423 e. The van der Waals surface area contributed by atoms with Gasteiger partial charge in [-0.2, -0.15) is 0 Å². The van der Waals surface area contributed by atoms with Gasteiger partial charge in [0.05, 0.1) is 6.54 Å². The molecular formula is C30H37N7O6. The second-order valence-corrected chi connectivity index (χ2v) is 10.3. The standard InChI is InChI=1S/C30H37N7O6/c1-17(2)26(37-27(40)19-8-5-4-6-9-19)29(42)34-16-24(38)36-22(10-7-13-33-30(31)32)28(41)35-20-11-12-21-18(3)14-25(39)43-23(21)15-20/h4-6,8-9,11-12,14-15,17,22,26H,7,10,13,16H2,1-3H3,(H,34,42)(H,35,41)(H,36,38)(H,37,40)(H4,31,32,33)/t22-,26+/m0/s1. The Morgan fingerprint density at radius 3 is 2.35 bits per heavy atom. The van der Waals surface area contributed by atoms with Crippen molar-refractivity contribution in [1.29, 1.82) is 0 Å². The van der Waals surface area contributed by atoms with Gasteiger partial charge in [-0.05, 0) is 55.5 Å². The number of nitrogens with one attached hydrogen (secondary N) is 4. The largest absolute Gasteiger partial charge is 0.423 e. The number of aliphatic imine (C=N–C) groups is 1. The molecule has 0 saturated carbocycles. The monoisotopic (exact) mass is 591 g/mol. The van der Waals surface area contributed by atoms with Crippen LogP contribution in [-0.2, 0) is 14.4 Å². The molecule has 4 amide bonds. The summed E-state index contributed by atoms with van der Waals surface area (Å²) in [6.45, 7) is 5.12. The molecule has 43 heavy (non-hydrogen) atoms. The first-order chi connectivity index (χ1) is 20.4. The lowest BCUT2D eigenvalue weighted by molar-refractivity contribution is -0.129. The molecule has 1 aromatic heterocycles. The minimum absolute atomic E-state index is 0.0974. The van der Waals surface area contributed by atoms with Crippen LogP contribution in [0.5, 0.6) is 0 Å². The van der Waals surface area contributed by atoms with Gasteiger partial charge in [0, 0.05) is 35.3 Å². The summed E-state index contributed by atoms with van der Waals surface area (Å²) in [5.41, 5.74) is 12.0. The normalized spacial score (nSPS) is 12.2. The van der Waals surface area contributed by atoms with Gasteiger partial charge in [0.2, 0.25) is 17.7 Å². The van der Waals surface area contributed by atoms with Gasteiger partial charge in [-0.15, -0.1) is 0 Å². The third kappa shape index (κ3) is 9.69. The zero-order valence-corrected chi connectivity index (χ0v) is 24.3. The lowest BCUT2D eigenvalue weighted by Crippen LogP contribution is -2.53. The first kappa shape index (κ1) is 32.3. The van der Waals surface area contributed by atoms with Crippen LogP contribution in [0.2, 0.25) is 0 Å². The molecule has 0 aliphatic rings. The van der Waals surface area contributed by atoms with Crippen molar-refractivity contribution in [3.05, 3.63) is 76.1 Å². The predicted molar refractivity (Wildman–Crippen MR) is 163 cm³/mol. The summed E-state index contributed by atoms with van der Waals surface area (Å²) in [4.78, 5) is 67.2. The molecule has 0 fully saturated rings. The molecular weight excluding hydrogens is 554 g/mol. The number of hydrogen-bond acceptors (Lipinski definition) is 7. The molecule has 0 bridgehead atoms. The third-order valence-corrected chi connectivity index (χ3v) is 6.51. The second kappa shape index (κ2) is 15.1. The average molecular weight is 592 g/mol. The van der Waals surface area contributed by atoms with Gasteiger partial charge in [0.25, 0.3) is 5.91 Å². The van der Waals surface area contributed by atoms with E-state index in [2.05, 4.69) is 26.3 Å². The molecule has 1 heterocycles. The molecule has 0 aliphatic carbocycles. The van der Waals surface area contributed by atoms with Gasteiger partial charge in [0.15, 0.2) is 5.96 Å². The van der Waals surface area contributed by atoms with Crippen LogP contribution in [0.1, 0.15) is 42.6 Å². The highest BCUT2D eigenvalue weighted by Gasteiger charge is 2.26. The Kier molecular flexibility index (Phi) is 11.4. The van der Waals surface area contributed by atoms with Gasteiger partial charge in [-0.1, -0.05) is 32.0 Å². The summed E-state index contributed by atoms with van der Waals surface area (Å²) in [5.74, 6) is -2.48. The lowest BCUT2D eigenvalue weighted by Gasteiger charge is -2.22. The Hall–Kier alpha value is -5.20. The fourth-order valence-corrected chi connectivity index (χ4v) is 4.28. The fourth-order valence-electron chi connectivity index (χ4n) is 4.28. The molecule has 0 unspecified atom stereocenters. The van der Waals surface area contributed by atoms with Gasteiger partial charge in [-0.3, -0.25) is 24.2 Å². The molecule has 228 valence electrons. The zero-order chi connectivity index (χ0) is 31.5. The van der Waals surface area contributed by atoms with Crippen molar-refractivity contribution in [2.24, 2.45) is 22.4 Å². The van der Waals surface area contributed by atoms with E-state index in [1.54, 1.807) is 63.2 Å². The highest BCUT2D eigenvalue weighted by atomic mass is 16.4. The fraction of sp³-hybridized carbons (Fsp3) is 0.333. The molecule has 13 nitrogen and oxygen atoms in total. The zero-order valence-electron chi connectivity index (χ0n) is 24.3. The quantitative estimate of drug-likeness (QED) is 0.0733. The van der Waals surface area contributed by atoms with Crippen LogP contribution < -0.4 is 38.4 Å². The van der Waals surface area contributed by atoms with Crippen LogP contribution in [0.25, 0.3) is 11.0 Å². The smallest absolute Gasteiger partial charge is 0.336 e. The number of anilines is 1. The molecule has 0 radical (unpaired) electrons. The molecule has 2 aromatic carbocycles. The summed E-state index contributed by atoms with van der Waals surface area (Å²) < 4.78 is 5.25. The number of amides is 4. The number of fused-ring (bicyclic) bond motifs is 1. The number of benzene rings is 2. The Labute approximate surface area is 248 Å². The van der Waals surface area contributed by atoms with E-state index in [-0.39, 0.29) is 24.8 Å². The van der Waals surface area contributed by atoms with Crippen molar-refractivity contribution in [2.45, 2.75) is 45.7 Å². The van der Waals surface area contributed by atoms with Crippen LogP contribution in [-0.4, -0.2) is 54.8 Å². The Morgan fingerprint density at radius 2 is 1.67 bits per heavy atom. The summed E-state index contributed by atoms with van der Waals surface area (Å²) in [7, 11) is 0. The first-order valence-corrected chi connectivity index (χ1v) is 13.8. The van der Waals surface area contributed by atoms with Crippen molar-refractivity contribution in [1.82, 2.24) is 16.0 Å². The van der Waals surface area contributed by atoms with Crippen LogP contribution in [0.15, 0.2) is 68.8 Å². The van der Waals surface area contributed by atoms with E-state index in [1.807, 2.05) is 0 Å². The van der Waals surface area contributed by atoms with Crippen molar-refractivity contribution in [3.8, 4) is 0 Å². The molecule has 0 spiro atoms. The highest BCUT2D eigenvalue weighted by Crippen LogP contribution is 2.21. The highest BCUT2D eigenvalue weighted by molar-refractivity contribution is 6.00. The van der Waals surface area contributed by atoms with E-state index in [4.69, 9.17) is 15.9 Å². The molecule has 8 N–H and O–H groups in total. The van der Waals surface area contributed by atoms with E-state index in [0.717, 1.165) is 10.9 Å². The number of nitrogens with zero attached hydrogens (tertiary/aromatic N) is 1. The van der Waals surface area contributed by atoms with Crippen LogP contribution in [0.4, 0.5) is 5.69 Å². The van der Waals surface area contributed by atoms with Crippen molar-refractivity contribution < 1.29 is 23.6 Å². The average Bonchev–Trinajstić information content (AvgIpc) is 2.95. The second-order valence-electron chi connectivity index (χ2n) is 10.3. The summed E-state index contributed by atoms with van der Waals surface area (Å²) in [5, 5.41) is 11.3.